The van der Waals surface area contributed by atoms with Crippen molar-refractivity contribution in [3.63, 3.8) is 0 Å². The third-order valence-electron chi connectivity index (χ3n) is 4.92. The van der Waals surface area contributed by atoms with E-state index >= 15 is 0 Å². The van der Waals surface area contributed by atoms with Gasteiger partial charge in [-0.05, 0) is 25.2 Å². The molecule has 0 aromatic heterocycles. The minimum absolute atomic E-state index is 0.0474. The Balaban J connectivity index is 2.04. The summed E-state index contributed by atoms with van der Waals surface area (Å²) in [6.07, 6.45) is 2.36. The van der Waals surface area contributed by atoms with E-state index in [0.29, 0.717) is 18.6 Å². The predicted octanol–water partition coefficient (Wildman–Crippen LogP) is 1.60. The molecule has 2 atom stereocenters. The summed E-state index contributed by atoms with van der Waals surface area (Å²) < 4.78 is 5.40. The number of carboxylic acids is 1. The van der Waals surface area contributed by atoms with Gasteiger partial charge in [0.05, 0.1) is 19.3 Å². The van der Waals surface area contributed by atoms with Gasteiger partial charge in [-0.3, -0.25) is 9.69 Å². The fourth-order valence-electron chi connectivity index (χ4n) is 3.11. The maximum atomic E-state index is 11.4. The maximum absolute atomic E-state index is 11.4. The summed E-state index contributed by atoms with van der Waals surface area (Å²) in [6.45, 7) is 9.21. The highest BCUT2D eigenvalue weighted by Crippen LogP contribution is 2.43. The van der Waals surface area contributed by atoms with Crippen LogP contribution >= 0.6 is 0 Å². The van der Waals surface area contributed by atoms with Crippen molar-refractivity contribution in [2.75, 3.05) is 26.3 Å². The quantitative estimate of drug-likeness (QED) is 0.812. The lowest BCUT2D eigenvalue weighted by molar-refractivity contribution is -0.154. The molecule has 2 rings (SSSR count). The van der Waals surface area contributed by atoms with Crippen molar-refractivity contribution < 1.29 is 14.6 Å². The molecular formula is C13H23NO3. The Morgan fingerprint density at radius 2 is 2.00 bits per heavy atom. The normalized spacial score (nSPS) is 36.8. The molecule has 4 heteroatoms. The Kier molecular flexibility index (Phi) is 3.21. The van der Waals surface area contributed by atoms with E-state index in [0.717, 1.165) is 13.1 Å². The van der Waals surface area contributed by atoms with Gasteiger partial charge in [-0.2, -0.15) is 0 Å². The molecule has 0 bridgehead atoms. The number of nitrogens with zero attached hydrogens (tertiary/aromatic N) is 1. The zero-order valence-electron chi connectivity index (χ0n) is 11.0. The largest absolute Gasteiger partial charge is 0.481 e. The molecule has 1 N–H and O–H groups in total. The molecule has 0 amide bonds. The summed E-state index contributed by atoms with van der Waals surface area (Å²) in [4.78, 5) is 13.7. The van der Waals surface area contributed by atoms with Gasteiger partial charge in [0, 0.05) is 13.1 Å². The first-order valence-corrected chi connectivity index (χ1v) is 6.52. The standard InChI is InChI=1S/C13H23NO3/c1-4-13(5-2)7-14(8-13)10-6-17-9-12(10,3)11(15)16/h10H,4-9H2,1-3H3,(H,15,16). The van der Waals surface area contributed by atoms with Gasteiger partial charge in [0.25, 0.3) is 0 Å². The maximum Gasteiger partial charge on any atom is 0.313 e. The molecule has 0 aromatic rings. The molecule has 0 radical (unpaired) electrons. The summed E-state index contributed by atoms with van der Waals surface area (Å²) in [5, 5.41) is 9.35. The number of rotatable bonds is 4. The molecule has 2 aliphatic heterocycles. The number of carbonyl (C=O) groups is 1. The smallest absolute Gasteiger partial charge is 0.313 e. The molecule has 0 saturated carbocycles. The summed E-state index contributed by atoms with van der Waals surface area (Å²) in [6, 6.07) is 0.0474. The third-order valence-corrected chi connectivity index (χ3v) is 4.92. The van der Waals surface area contributed by atoms with Crippen LogP contribution in [0, 0.1) is 10.8 Å². The molecule has 2 heterocycles. The Bertz CT molecular complexity index is 306. The number of carboxylic acid groups (broad SMARTS) is 1. The van der Waals surface area contributed by atoms with E-state index in [1.54, 1.807) is 0 Å². The number of ether oxygens (including phenoxy) is 1. The molecule has 2 fully saturated rings. The van der Waals surface area contributed by atoms with Gasteiger partial charge in [0.15, 0.2) is 0 Å². The van der Waals surface area contributed by atoms with Gasteiger partial charge < -0.3 is 9.84 Å². The van der Waals surface area contributed by atoms with E-state index in [1.807, 2.05) is 6.92 Å². The number of hydrogen-bond acceptors (Lipinski definition) is 3. The first-order valence-electron chi connectivity index (χ1n) is 6.52. The van der Waals surface area contributed by atoms with Gasteiger partial charge in [-0.25, -0.2) is 0 Å². The highest BCUT2D eigenvalue weighted by molar-refractivity contribution is 5.75. The van der Waals surface area contributed by atoms with Crippen molar-refractivity contribution in [3.8, 4) is 0 Å². The molecule has 2 unspecified atom stereocenters. The van der Waals surface area contributed by atoms with Crippen molar-refractivity contribution in [2.45, 2.75) is 39.7 Å². The number of aliphatic carboxylic acids is 1. The number of likely N-dealkylation sites (tertiary alicyclic amines) is 1. The van der Waals surface area contributed by atoms with Crippen LogP contribution < -0.4 is 0 Å². The van der Waals surface area contributed by atoms with E-state index in [2.05, 4.69) is 18.7 Å². The lowest BCUT2D eigenvalue weighted by Crippen LogP contribution is -2.63. The van der Waals surface area contributed by atoms with Crippen LogP contribution in [-0.2, 0) is 9.53 Å². The van der Waals surface area contributed by atoms with Crippen LogP contribution in [-0.4, -0.2) is 48.3 Å². The minimum Gasteiger partial charge on any atom is -0.481 e. The Morgan fingerprint density at radius 3 is 2.47 bits per heavy atom. The van der Waals surface area contributed by atoms with Gasteiger partial charge in [-0.1, -0.05) is 13.8 Å². The van der Waals surface area contributed by atoms with Gasteiger partial charge in [0.2, 0.25) is 0 Å². The molecule has 0 aromatic carbocycles. The summed E-state index contributed by atoms with van der Waals surface area (Å²) in [7, 11) is 0. The Labute approximate surface area is 103 Å². The number of hydrogen-bond donors (Lipinski definition) is 1. The summed E-state index contributed by atoms with van der Waals surface area (Å²) in [5.41, 5.74) is -0.310. The fraction of sp³-hybridized carbons (Fsp3) is 0.923. The molecule has 17 heavy (non-hydrogen) atoms. The third kappa shape index (κ3) is 1.87. The van der Waals surface area contributed by atoms with Crippen molar-refractivity contribution in [3.05, 3.63) is 0 Å². The Hall–Kier alpha value is -0.610. The molecular weight excluding hydrogens is 218 g/mol. The van der Waals surface area contributed by atoms with Crippen LogP contribution in [0.2, 0.25) is 0 Å². The second-order valence-electron chi connectivity index (χ2n) is 5.87. The molecule has 98 valence electrons. The van der Waals surface area contributed by atoms with Gasteiger partial charge >= 0.3 is 5.97 Å². The van der Waals surface area contributed by atoms with E-state index in [4.69, 9.17) is 4.74 Å². The second kappa shape index (κ2) is 4.25. The minimum atomic E-state index is -0.731. The van der Waals surface area contributed by atoms with E-state index < -0.39 is 11.4 Å². The zero-order chi connectivity index (χ0) is 12.7. The fourth-order valence-corrected chi connectivity index (χ4v) is 3.11. The average molecular weight is 241 g/mol. The molecule has 0 aliphatic carbocycles. The molecule has 4 nitrogen and oxygen atoms in total. The van der Waals surface area contributed by atoms with Crippen LogP contribution in [0.5, 0.6) is 0 Å². The predicted molar refractivity (Wildman–Crippen MR) is 64.9 cm³/mol. The van der Waals surface area contributed by atoms with E-state index in [1.165, 1.54) is 12.8 Å². The van der Waals surface area contributed by atoms with Crippen LogP contribution in [0.25, 0.3) is 0 Å². The average Bonchev–Trinajstić information content (AvgIpc) is 2.62. The lowest BCUT2D eigenvalue weighted by Gasteiger charge is -2.54. The van der Waals surface area contributed by atoms with Crippen molar-refractivity contribution in [1.29, 1.82) is 0 Å². The Morgan fingerprint density at radius 1 is 1.41 bits per heavy atom. The topological polar surface area (TPSA) is 49.8 Å². The SMILES string of the molecule is CCC1(CC)CN(C2COCC2(C)C(=O)O)C1. The summed E-state index contributed by atoms with van der Waals surface area (Å²) in [5.74, 6) is -0.731. The van der Waals surface area contributed by atoms with Crippen molar-refractivity contribution >= 4 is 5.97 Å². The lowest BCUT2D eigenvalue weighted by atomic mass is 9.72. The van der Waals surface area contributed by atoms with E-state index in [9.17, 15) is 9.90 Å². The first-order chi connectivity index (χ1) is 7.97. The second-order valence-corrected chi connectivity index (χ2v) is 5.87. The monoisotopic (exact) mass is 241 g/mol. The van der Waals surface area contributed by atoms with Crippen LogP contribution in [0.4, 0.5) is 0 Å². The highest BCUT2D eigenvalue weighted by Gasteiger charge is 2.54. The van der Waals surface area contributed by atoms with Gasteiger partial charge in [0.1, 0.15) is 5.41 Å². The molecule has 2 saturated heterocycles. The summed E-state index contributed by atoms with van der Waals surface area (Å²) >= 11 is 0. The van der Waals surface area contributed by atoms with E-state index in [-0.39, 0.29) is 6.04 Å². The van der Waals surface area contributed by atoms with Crippen LogP contribution in [0.3, 0.4) is 0 Å². The highest BCUT2D eigenvalue weighted by atomic mass is 16.5. The van der Waals surface area contributed by atoms with Gasteiger partial charge in [-0.15, -0.1) is 0 Å². The molecule has 2 aliphatic rings. The van der Waals surface area contributed by atoms with Crippen LogP contribution in [0.1, 0.15) is 33.6 Å². The zero-order valence-corrected chi connectivity index (χ0v) is 11.0. The van der Waals surface area contributed by atoms with Crippen molar-refractivity contribution in [1.82, 2.24) is 4.90 Å². The molecule has 0 spiro atoms. The first kappa shape index (κ1) is 12.8. The van der Waals surface area contributed by atoms with Crippen LogP contribution in [0.15, 0.2) is 0 Å². The van der Waals surface area contributed by atoms with Crippen molar-refractivity contribution in [2.24, 2.45) is 10.8 Å².